The molecule has 3 heteroatoms. The predicted octanol–water partition coefficient (Wildman–Crippen LogP) is 3.54. The molecule has 2 aromatic rings. The quantitative estimate of drug-likeness (QED) is 0.842. The van der Waals surface area contributed by atoms with Gasteiger partial charge in [-0.2, -0.15) is 0 Å². The van der Waals surface area contributed by atoms with Crippen LogP contribution < -0.4 is 5.73 Å². The van der Waals surface area contributed by atoms with Gasteiger partial charge in [0.15, 0.2) is 0 Å². The average Bonchev–Trinajstić information content (AvgIpc) is 2.55. The zero-order valence-electron chi connectivity index (χ0n) is 9.75. The van der Waals surface area contributed by atoms with E-state index in [1.807, 2.05) is 20.8 Å². The lowest BCUT2D eigenvalue weighted by Crippen LogP contribution is -2.16. The molecule has 0 aliphatic heterocycles. The fourth-order valence-electron chi connectivity index (χ4n) is 1.83. The normalized spacial score (nSPS) is 13.6. The van der Waals surface area contributed by atoms with Gasteiger partial charge in [0, 0.05) is 10.9 Å². The third-order valence-electron chi connectivity index (χ3n) is 2.96. The highest BCUT2D eigenvalue weighted by Gasteiger charge is 2.19. The van der Waals surface area contributed by atoms with Gasteiger partial charge in [-0.1, -0.05) is 13.8 Å². The van der Waals surface area contributed by atoms with Gasteiger partial charge in [-0.15, -0.1) is 0 Å². The molecule has 1 aromatic carbocycles. The monoisotopic (exact) mass is 221 g/mol. The lowest BCUT2D eigenvalue weighted by atomic mass is 9.99. The minimum atomic E-state index is -0.249. The molecule has 1 aromatic heterocycles. The zero-order valence-corrected chi connectivity index (χ0v) is 9.75. The summed E-state index contributed by atoms with van der Waals surface area (Å²) in [5.41, 5.74) is 7.69. The van der Waals surface area contributed by atoms with Crippen LogP contribution in [0.2, 0.25) is 0 Å². The van der Waals surface area contributed by atoms with Gasteiger partial charge >= 0.3 is 0 Å². The molecule has 2 N–H and O–H groups in total. The van der Waals surface area contributed by atoms with E-state index in [2.05, 4.69) is 0 Å². The number of hydrogen-bond donors (Lipinski definition) is 1. The summed E-state index contributed by atoms with van der Waals surface area (Å²) in [4.78, 5) is 0. The van der Waals surface area contributed by atoms with Crippen molar-refractivity contribution < 1.29 is 8.81 Å². The van der Waals surface area contributed by atoms with Crippen LogP contribution in [0.1, 0.15) is 31.2 Å². The smallest absolute Gasteiger partial charge is 0.134 e. The van der Waals surface area contributed by atoms with E-state index in [1.165, 1.54) is 12.1 Å². The number of aryl methyl sites for hydroxylation is 1. The van der Waals surface area contributed by atoms with Crippen LogP contribution in [-0.2, 0) is 0 Å². The fourth-order valence-corrected chi connectivity index (χ4v) is 1.83. The number of hydrogen-bond acceptors (Lipinski definition) is 2. The third-order valence-corrected chi connectivity index (χ3v) is 2.96. The summed E-state index contributed by atoms with van der Waals surface area (Å²) < 4.78 is 18.8. The van der Waals surface area contributed by atoms with Crippen LogP contribution in [0.15, 0.2) is 22.6 Å². The van der Waals surface area contributed by atoms with E-state index >= 15 is 0 Å². The fraction of sp³-hybridized carbons (Fsp3) is 0.385. The molecule has 2 nitrogen and oxygen atoms in total. The number of benzene rings is 1. The van der Waals surface area contributed by atoms with Crippen LogP contribution in [0, 0.1) is 18.7 Å². The molecular formula is C13H16FNO. The van der Waals surface area contributed by atoms with Crippen molar-refractivity contribution in [1.29, 1.82) is 0 Å². The predicted molar refractivity (Wildman–Crippen MR) is 62.7 cm³/mol. The topological polar surface area (TPSA) is 39.2 Å². The van der Waals surface area contributed by atoms with Crippen LogP contribution >= 0.6 is 0 Å². The minimum absolute atomic E-state index is 0.143. The van der Waals surface area contributed by atoms with Crippen LogP contribution in [0.5, 0.6) is 0 Å². The Labute approximate surface area is 94.2 Å². The van der Waals surface area contributed by atoms with Gasteiger partial charge in [-0.3, -0.25) is 0 Å². The summed E-state index contributed by atoms with van der Waals surface area (Å²) in [5, 5.41) is 0.811. The van der Waals surface area contributed by atoms with Gasteiger partial charge in [-0.05, 0) is 31.0 Å². The molecule has 86 valence electrons. The van der Waals surface area contributed by atoms with Gasteiger partial charge in [-0.25, -0.2) is 4.39 Å². The molecule has 0 saturated heterocycles. The Morgan fingerprint density at radius 1 is 1.31 bits per heavy atom. The molecule has 0 amide bonds. The molecular weight excluding hydrogens is 205 g/mol. The summed E-state index contributed by atoms with van der Waals surface area (Å²) in [5.74, 6) is 0.806. The number of fused-ring (bicyclic) bond motifs is 1. The summed E-state index contributed by atoms with van der Waals surface area (Å²) in [6.07, 6.45) is 0. The first-order valence-corrected chi connectivity index (χ1v) is 5.45. The van der Waals surface area contributed by atoms with Crippen LogP contribution in [0.3, 0.4) is 0 Å². The second kappa shape index (κ2) is 3.91. The first kappa shape index (κ1) is 11.1. The Kier molecular flexibility index (Phi) is 2.72. The molecule has 2 rings (SSSR count). The molecule has 0 bridgehead atoms. The van der Waals surface area contributed by atoms with Crippen molar-refractivity contribution in [3.8, 4) is 0 Å². The van der Waals surface area contributed by atoms with Gasteiger partial charge in [0.2, 0.25) is 0 Å². The molecule has 16 heavy (non-hydrogen) atoms. The summed E-state index contributed by atoms with van der Waals surface area (Å²) >= 11 is 0. The van der Waals surface area contributed by atoms with Crippen molar-refractivity contribution in [3.63, 3.8) is 0 Å². The van der Waals surface area contributed by atoms with E-state index in [0.717, 1.165) is 16.7 Å². The van der Waals surface area contributed by atoms with E-state index < -0.39 is 0 Å². The Morgan fingerprint density at radius 2 is 2.00 bits per heavy atom. The van der Waals surface area contributed by atoms with E-state index in [9.17, 15) is 4.39 Å². The first-order chi connectivity index (χ1) is 7.50. The standard InChI is InChI=1S/C13H16FNO/c1-7(2)12(15)13-8(3)10-6-9(14)4-5-11(10)16-13/h4-7,12H,15H2,1-3H3/t12-/m0/s1. The third kappa shape index (κ3) is 1.71. The van der Waals surface area contributed by atoms with Crippen molar-refractivity contribution in [1.82, 2.24) is 0 Å². The van der Waals surface area contributed by atoms with Crippen molar-refractivity contribution in [2.24, 2.45) is 11.7 Å². The molecule has 0 spiro atoms. The van der Waals surface area contributed by atoms with E-state index in [1.54, 1.807) is 6.07 Å². The molecule has 1 heterocycles. The van der Waals surface area contributed by atoms with Gasteiger partial charge in [0.05, 0.1) is 6.04 Å². The van der Waals surface area contributed by atoms with Crippen LogP contribution in [-0.4, -0.2) is 0 Å². The van der Waals surface area contributed by atoms with Gasteiger partial charge < -0.3 is 10.2 Å². The molecule has 0 saturated carbocycles. The highest BCUT2D eigenvalue weighted by Crippen LogP contribution is 2.31. The maximum absolute atomic E-state index is 13.1. The SMILES string of the molecule is Cc1c([C@@H](N)C(C)C)oc2ccc(F)cc12. The number of halogens is 1. The Morgan fingerprint density at radius 3 is 2.62 bits per heavy atom. The lowest BCUT2D eigenvalue weighted by molar-refractivity contribution is 0.415. The summed E-state index contributed by atoms with van der Waals surface area (Å²) in [6.45, 7) is 6.00. The largest absolute Gasteiger partial charge is 0.459 e. The first-order valence-electron chi connectivity index (χ1n) is 5.45. The lowest BCUT2D eigenvalue weighted by Gasteiger charge is -2.13. The maximum atomic E-state index is 13.1. The van der Waals surface area contributed by atoms with Crippen LogP contribution in [0.25, 0.3) is 11.0 Å². The molecule has 0 fully saturated rings. The van der Waals surface area contributed by atoms with E-state index in [0.29, 0.717) is 11.5 Å². The van der Waals surface area contributed by atoms with Gasteiger partial charge in [0.25, 0.3) is 0 Å². The van der Waals surface area contributed by atoms with E-state index in [4.69, 9.17) is 10.2 Å². The number of furan rings is 1. The molecule has 0 aliphatic carbocycles. The van der Waals surface area contributed by atoms with Crippen LogP contribution in [0.4, 0.5) is 4.39 Å². The Balaban J connectivity index is 2.60. The van der Waals surface area contributed by atoms with Crippen molar-refractivity contribution >= 4 is 11.0 Å². The molecule has 1 atom stereocenters. The number of rotatable bonds is 2. The van der Waals surface area contributed by atoms with Crippen molar-refractivity contribution in [2.75, 3.05) is 0 Å². The van der Waals surface area contributed by atoms with E-state index in [-0.39, 0.29) is 11.9 Å². The second-order valence-corrected chi connectivity index (χ2v) is 4.50. The zero-order chi connectivity index (χ0) is 11.9. The molecule has 0 unspecified atom stereocenters. The van der Waals surface area contributed by atoms with Crippen molar-refractivity contribution in [3.05, 3.63) is 35.3 Å². The van der Waals surface area contributed by atoms with Crippen molar-refractivity contribution in [2.45, 2.75) is 26.8 Å². The summed E-state index contributed by atoms with van der Waals surface area (Å²) in [7, 11) is 0. The highest BCUT2D eigenvalue weighted by atomic mass is 19.1. The minimum Gasteiger partial charge on any atom is -0.459 e. The second-order valence-electron chi connectivity index (χ2n) is 4.50. The molecule has 0 aliphatic rings. The maximum Gasteiger partial charge on any atom is 0.134 e. The average molecular weight is 221 g/mol. The Hall–Kier alpha value is -1.35. The number of nitrogens with two attached hydrogens (primary N) is 1. The van der Waals surface area contributed by atoms with Gasteiger partial charge in [0.1, 0.15) is 17.2 Å². The molecule has 0 radical (unpaired) electrons. The summed E-state index contributed by atoms with van der Waals surface area (Å²) in [6, 6.07) is 4.39. The highest BCUT2D eigenvalue weighted by molar-refractivity contribution is 5.82. The Bertz CT molecular complexity index is 516.